The van der Waals surface area contributed by atoms with E-state index in [-0.39, 0.29) is 18.6 Å². The van der Waals surface area contributed by atoms with Crippen molar-refractivity contribution in [2.75, 3.05) is 30.8 Å². The summed E-state index contributed by atoms with van der Waals surface area (Å²) < 4.78 is 16.9. The Hall–Kier alpha value is -4.90. The second kappa shape index (κ2) is 13.2. The van der Waals surface area contributed by atoms with Gasteiger partial charge in [-0.25, -0.2) is 14.8 Å². The molecule has 0 atom stereocenters. The van der Waals surface area contributed by atoms with Gasteiger partial charge in [-0.15, -0.1) is 0 Å². The van der Waals surface area contributed by atoms with Crippen LogP contribution in [0.5, 0.6) is 11.5 Å². The van der Waals surface area contributed by atoms with Gasteiger partial charge in [0.1, 0.15) is 36.4 Å². The molecule has 1 fully saturated rings. The zero-order chi connectivity index (χ0) is 29.5. The van der Waals surface area contributed by atoms with Gasteiger partial charge >= 0.3 is 6.09 Å². The van der Waals surface area contributed by atoms with E-state index in [2.05, 4.69) is 32.2 Å². The fourth-order valence-corrected chi connectivity index (χ4v) is 4.77. The van der Waals surface area contributed by atoms with Crippen LogP contribution in [0.1, 0.15) is 18.5 Å². The van der Waals surface area contributed by atoms with Gasteiger partial charge in [0.15, 0.2) is 0 Å². The highest BCUT2D eigenvalue weighted by atomic mass is 35.5. The number of hydrogen-bond acceptors (Lipinski definition) is 9. The number of benzene rings is 2. The molecule has 0 unspecified atom stereocenters. The molecule has 1 saturated heterocycles. The predicted molar refractivity (Wildman–Crippen MR) is 159 cm³/mol. The molecule has 1 aliphatic rings. The van der Waals surface area contributed by atoms with E-state index in [1.165, 1.54) is 19.5 Å². The molecule has 216 valence electrons. The summed E-state index contributed by atoms with van der Waals surface area (Å²) >= 11 is 6.49. The molecule has 4 aromatic rings. The lowest BCUT2D eigenvalue weighted by molar-refractivity contribution is -0.127. The van der Waals surface area contributed by atoms with Crippen molar-refractivity contribution in [3.05, 3.63) is 84.4 Å². The van der Waals surface area contributed by atoms with Gasteiger partial charge in [0.25, 0.3) is 0 Å². The highest BCUT2D eigenvalue weighted by Crippen LogP contribution is 2.35. The molecule has 12 heteroatoms. The molecule has 5 rings (SSSR count). The number of carbonyl (C=O) groups is 2. The first kappa shape index (κ1) is 28.6. The van der Waals surface area contributed by atoms with Gasteiger partial charge in [-0.1, -0.05) is 24.2 Å². The smallest absolute Gasteiger partial charge is 0.412 e. The summed E-state index contributed by atoms with van der Waals surface area (Å²) in [6, 6.07) is 14.4. The number of rotatable bonds is 9. The number of amides is 2. The number of nitrogens with one attached hydrogen (secondary N) is 2. The molecule has 42 heavy (non-hydrogen) atoms. The molecule has 0 spiro atoms. The summed E-state index contributed by atoms with van der Waals surface area (Å²) in [6.07, 6.45) is 4.57. The van der Waals surface area contributed by atoms with Crippen LogP contribution in [-0.2, 0) is 16.1 Å². The maximum Gasteiger partial charge on any atom is 0.412 e. The van der Waals surface area contributed by atoms with Crippen LogP contribution in [0.2, 0.25) is 5.02 Å². The Morgan fingerprint density at radius 2 is 1.93 bits per heavy atom. The van der Waals surface area contributed by atoms with Crippen molar-refractivity contribution in [1.82, 2.24) is 19.9 Å². The van der Waals surface area contributed by atoms with E-state index in [0.29, 0.717) is 70.5 Å². The number of ether oxygens (including phenoxy) is 3. The zero-order valence-electron chi connectivity index (χ0n) is 22.9. The average Bonchev–Trinajstić information content (AvgIpc) is 3.01. The number of hydrogen-bond donors (Lipinski definition) is 2. The van der Waals surface area contributed by atoms with Gasteiger partial charge in [-0.05, 0) is 42.5 Å². The zero-order valence-corrected chi connectivity index (χ0v) is 23.6. The Morgan fingerprint density at radius 3 is 2.64 bits per heavy atom. The number of aromatic nitrogens is 3. The summed E-state index contributed by atoms with van der Waals surface area (Å²) in [5.74, 6) is 1.30. The molecule has 0 saturated carbocycles. The Kier molecular flexibility index (Phi) is 8.98. The standard InChI is InChI=1S/C30H29ClN6O5/c1-3-28(38)37-12-9-21(10-13-37)42-30(39)36-25-15-22-24(16-27(25)40-2)33-18-34-29(22)35-19-7-8-26(23(31)14-19)41-17-20-6-4-5-11-32-20/h3-8,11,14-16,18,21H,1,9-10,12-13,17H2,2H3,(H,36,39)(H,33,34,35). The van der Waals surface area contributed by atoms with Crippen molar-refractivity contribution in [3.8, 4) is 11.5 Å². The highest BCUT2D eigenvalue weighted by Gasteiger charge is 2.24. The lowest BCUT2D eigenvalue weighted by Gasteiger charge is -2.30. The van der Waals surface area contributed by atoms with Crippen LogP contribution in [0.3, 0.4) is 0 Å². The number of carbonyl (C=O) groups excluding carboxylic acids is 2. The lowest BCUT2D eigenvalue weighted by atomic mass is 10.1. The van der Waals surface area contributed by atoms with Crippen LogP contribution in [0.25, 0.3) is 10.9 Å². The van der Waals surface area contributed by atoms with E-state index in [1.807, 2.05) is 24.3 Å². The predicted octanol–water partition coefficient (Wildman–Crippen LogP) is 5.73. The number of nitrogens with zero attached hydrogens (tertiary/aromatic N) is 4. The molecule has 0 radical (unpaired) electrons. The molecule has 11 nitrogen and oxygen atoms in total. The Labute approximate surface area is 247 Å². The minimum atomic E-state index is -0.624. The molecular weight excluding hydrogens is 560 g/mol. The SMILES string of the molecule is C=CC(=O)N1CCC(OC(=O)Nc2cc3c(Nc4ccc(OCc5ccccn5)c(Cl)c4)ncnc3cc2OC)CC1. The molecule has 2 amide bonds. The summed E-state index contributed by atoms with van der Waals surface area (Å²) in [4.78, 5) is 39.3. The van der Waals surface area contributed by atoms with Gasteiger partial charge in [0, 0.05) is 49.3 Å². The van der Waals surface area contributed by atoms with Crippen molar-refractivity contribution in [2.24, 2.45) is 0 Å². The number of halogens is 1. The molecule has 3 heterocycles. The van der Waals surface area contributed by atoms with Crippen LogP contribution in [0, 0.1) is 0 Å². The average molecular weight is 589 g/mol. The maximum atomic E-state index is 12.8. The molecular formula is C30H29ClN6O5. The first-order chi connectivity index (χ1) is 20.4. The second-order valence-electron chi connectivity index (χ2n) is 9.43. The van der Waals surface area contributed by atoms with Crippen LogP contribution in [-0.4, -0.2) is 58.2 Å². The van der Waals surface area contributed by atoms with E-state index < -0.39 is 6.09 Å². The van der Waals surface area contributed by atoms with Crippen LogP contribution in [0.4, 0.5) is 22.0 Å². The van der Waals surface area contributed by atoms with E-state index in [4.69, 9.17) is 25.8 Å². The lowest BCUT2D eigenvalue weighted by Crippen LogP contribution is -2.41. The van der Waals surface area contributed by atoms with Crippen molar-refractivity contribution in [3.63, 3.8) is 0 Å². The molecule has 0 aliphatic carbocycles. The Bertz CT molecular complexity index is 1590. The number of methoxy groups -OCH3 is 1. The van der Waals surface area contributed by atoms with Crippen molar-refractivity contribution in [2.45, 2.75) is 25.6 Å². The monoisotopic (exact) mass is 588 g/mol. The van der Waals surface area contributed by atoms with Crippen LogP contribution >= 0.6 is 11.6 Å². The third-order valence-electron chi connectivity index (χ3n) is 6.69. The molecule has 2 N–H and O–H groups in total. The quantitative estimate of drug-likeness (QED) is 0.235. The van der Waals surface area contributed by atoms with Crippen molar-refractivity contribution < 1.29 is 23.8 Å². The number of piperidine rings is 1. The highest BCUT2D eigenvalue weighted by molar-refractivity contribution is 6.32. The van der Waals surface area contributed by atoms with E-state index >= 15 is 0 Å². The summed E-state index contributed by atoms with van der Waals surface area (Å²) in [7, 11) is 1.50. The first-order valence-corrected chi connectivity index (χ1v) is 13.6. The molecule has 2 aromatic carbocycles. The van der Waals surface area contributed by atoms with Gasteiger partial charge in [0.2, 0.25) is 5.91 Å². The Balaban J connectivity index is 1.28. The first-order valence-electron chi connectivity index (χ1n) is 13.2. The third kappa shape index (κ3) is 6.87. The minimum absolute atomic E-state index is 0.127. The van der Waals surface area contributed by atoms with Gasteiger partial charge in [0.05, 0.1) is 29.0 Å². The summed E-state index contributed by atoms with van der Waals surface area (Å²) in [5.41, 5.74) is 2.46. The van der Waals surface area contributed by atoms with E-state index in [9.17, 15) is 9.59 Å². The normalized spacial score (nSPS) is 13.3. The fraction of sp³-hybridized carbons (Fsp3) is 0.233. The van der Waals surface area contributed by atoms with Crippen LogP contribution in [0.15, 0.2) is 73.7 Å². The molecule has 0 bridgehead atoms. The number of fused-ring (bicyclic) bond motifs is 1. The van der Waals surface area contributed by atoms with Crippen molar-refractivity contribution >= 4 is 51.7 Å². The van der Waals surface area contributed by atoms with E-state index in [1.54, 1.807) is 35.4 Å². The Morgan fingerprint density at radius 1 is 1.10 bits per heavy atom. The fourth-order valence-electron chi connectivity index (χ4n) is 4.53. The number of anilines is 3. The molecule has 1 aliphatic heterocycles. The van der Waals surface area contributed by atoms with Crippen LogP contribution < -0.4 is 20.1 Å². The third-order valence-corrected chi connectivity index (χ3v) is 6.99. The van der Waals surface area contributed by atoms with Gasteiger partial charge < -0.3 is 24.4 Å². The van der Waals surface area contributed by atoms with Gasteiger partial charge in [-0.3, -0.25) is 15.1 Å². The molecule has 2 aromatic heterocycles. The largest absolute Gasteiger partial charge is 0.494 e. The minimum Gasteiger partial charge on any atom is -0.494 e. The van der Waals surface area contributed by atoms with E-state index in [0.717, 1.165) is 5.69 Å². The summed E-state index contributed by atoms with van der Waals surface area (Å²) in [5, 5.41) is 7.09. The van der Waals surface area contributed by atoms with Gasteiger partial charge in [-0.2, -0.15) is 0 Å². The number of pyridine rings is 1. The number of likely N-dealkylation sites (tertiary alicyclic amines) is 1. The summed E-state index contributed by atoms with van der Waals surface area (Å²) in [6.45, 7) is 4.80. The van der Waals surface area contributed by atoms with Crippen molar-refractivity contribution in [1.29, 1.82) is 0 Å². The maximum absolute atomic E-state index is 12.8. The second-order valence-corrected chi connectivity index (χ2v) is 9.84. The topological polar surface area (TPSA) is 128 Å².